The van der Waals surface area contributed by atoms with E-state index in [1.54, 1.807) is 18.2 Å². The topological polar surface area (TPSA) is 41.6 Å². The van der Waals surface area contributed by atoms with Crippen molar-refractivity contribution in [2.24, 2.45) is 0 Å². The summed E-state index contributed by atoms with van der Waals surface area (Å²) in [5.74, 6) is 0.636. The van der Waals surface area contributed by atoms with Crippen molar-refractivity contribution in [3.63, 3.8) is 0 Å². The number of amides is 1. The van der Waals surface area contributed by atoms with Gasteiger partial charge in [0.05, 0.1) is 0 Å². The van der Waals surface area contributed by atoms with Gasteiger partial charge in [0.2, 0.25) is 0 Å². The van der Waals surface area contributed by atoms with Crippen LogP contribution in [-0.2, 0) is 4.79 Å². The number of rotatable bonds is 6. The third kappa shape index (κ3) is 4.90. The van der Waals surface area contributed by atoms with Gasteiger partial charge in [0.15, 0.2) is 6.61 Å². The summed E-state index contributed by atoms with van der Waals surface area (Å²) in [6.07, 6.45) is 2.31. The zero-order valence-corrected chi connectivity index (χ0v) is 13.4. The fourth-order valence-electron chi connectivity index (χ4n) is 2.54. The van der Waals surface area contributed by atoms with Gasteiger partial charge in [0.1, 0.15) is 5.75 Å². The molecule has 0 aromatic heterocycles. The summed E-state index contributed by atoms with van der Waals surface area (Å²) in [5.41, 5.74) is 0. The molecule has 0 saturated carbocycles. The van der Waals surface area contributed by atoms with Gasteiger partial charge in [-0.2, -0.15) is 0 Å². The van der Waals surface area contributed by atoms with Crippen LogP contribution in [0.4, 0.5) is 0 Å². The van der Waals surface area contributed by atoms with Gasteiger partial charge in [0.25, 0.3) is 5.91 Å². The van der Waals surface area contributed by atoms with Crippen molar-refractivity contribution in [2.75, 3.05) is 19.7 Å². The van der Waals surface area contributed by atoms with Crippen LogP contribution in [0.2, 0.25) is 5.02 Å². The van der Waals surface area contributed by atoms with Crippen LogP contribution in [0.15, 0.2) is 24.3 Å². The lowest BCUT2D eigenvalue weighted by molar-refractivity contribution is -0.135. The van der Waals surface area contributed by atoms with Gasteiger partial charge in [-0.25, -0.2) is 0 Å². The lowest BCUT2D eigenvalue weighted by atomic mass is 10.2. The Bertz CT molecular complexity index is 473. The van der Waals surface area contributed by atoms with Crippen LogP contribution >= 0.6 is 11.6 Å². The fourth-order valence-corrected chi connectivity index (χ4v) is 2.72. The van der Waals surface area contributed by atoms with Crippen LogP contribution in [-0.4, -0.2) is 42.6 Å². The molecule has 0 aliphatic carbocycles. The summed E-state index contributed by atoms with van der Waals surface area (Å²) >= 11 is 5.90. The second-order valence-corrected chi connectivity index (χ2v) is 6.12. The quantitative estimate of drug-likeness (QED) is 0.878. The Morgan fingerprint density at radius 3 is 2.95 bits per heavy atom. The molecule has 4 nitrogen and oxygen atoms in total. The summed E-state index contributed by atoms with van der Waals surface area (Å²) in [5, 5.41) is 4.03. The molecular formula is C16H23ClN2O2. The van der Waals surface area contributed by atoms with Crippen LogP contribution in [0.1, 0.15) is 26.7 Å². The van der Waals surface area contributed by atoms with Crippen molar-refractivity contribution in [2.45, 2.75) is 38.8 Å². The average molecular weight is 311 g/mol. The molecule has 1 N–H and O–H groups in total. The van der Waals surface area contributed by atoms with Crippen LogP contribution < -0.4 is 10.1 Å². The molecule has 1 fully saturated rings. The summed E-state index contributed by atoms with van der Waals surface area (Å²) < 4.78 is 5.55. The Morgan fingerprint density at radius 1 is 1.52 bits per heavy atom. The molecule has 0 spiro atoms. The number of carbonyl (C=O) groups excluding carboxylic acids is 1. The number of hydrogen-bond donors (Lipinski definition) is 1. The molecule has 1 saturated heterocycles. The summed E-state index contributed by atoms with van der Waals surface area (Å²) in [6, 6.07) is 7.68. The second kappa shape index (κ2) is 7.66. The Kier molecular flexibility index (Phi) is 5.88. The predicted molar refractivity (Wildman–Crippen MR) is 84.8 cm³/mol. The van der Waals surface area contributed by atoms with Crippen molar-refractivity contribution >= 4 is 17.5 Å². The lowest BCUT2D eigenvalue weighted by Crippen LogP contribution is -2.46. The number of hydrogen-bond acceptors (Lipinski definition) is 3. The van der Waals surface area contributed by atoms with Crippen molar-refractivity contribution in [1.82, 2.24) is 10.2 Å². The van der Waals surface area contributed by atoms with E-state index in [2.05, 4.69) is 5.32 Å². The highest BCUT2D eigenvalue weighted by atomic mass is 35.5. The van der Waals surface area contributed by atoms with Crippen molar-refractivity contribution in [3.05, 3.63) is 29.3 Å². The molecular weight excluding hydrogens is 288 g/mol. The first kappa shape index (κ1) is 16.1. The molecule has 116 valence electrons. The Morgan fingerprint density at radius 2 is 2.33 bits per heavy atom. The first-order valence-electron chi connectivity index (χ1n) is 7.47. The van der Waals surface area contributed by atoms with E-state index in [-0.39, 0.29) is 18.6 Å². The van der Waals surface area contributed by atoms with Gasteiger partial charge in [-0.1, -0.05) is 17.7 Å². The number of ether oxygens (including phenoxy) is 1. The molecule has 1 unspecified atom stereocenters. The van der Waals surface area contributed by atoms with E-state index in [1.165, 1.54) is 6.42 Å². The van der Waals surface area contributed by atoms with Gasteiger partial charge in [0, 0.05) is 23.7 Å². The van der Waals surface area contributed by atoms with Gasteiger partial charge >= 0.3 is 0 Å². The maximum Gasteiger partial charge on any atom is 0.260 e. The number of benzene rings is 1. The molecule has 0 radical (unpaired) electrons. The van der Waals surface area contributed by atoms with Crippen LogP contribution in [0.5, 0.6) is 5.75 Å². The molecule has 1 aromatic carbocycles. The van der Waals surface area contributed by atoms with Crippen molar-refractivity contribution < 1.29 is 9.53 Å². The Labute approximate surface area is 131 Å². The maximum atomic E-state index is 12.4. The predicted octanol–water partition coefficient (Wildman–Crippen LogP) is 2.71. The second-order valence-electron chi connectivity index (χ2n) is 5.68. The number of carbonyl (C=O) groups is 1. The van der Waals surface area contributed by atoms with E-state index in [0.29, 0.717) is 16.8 Å². The third-order valence-electron chi connectivity index (χ3n) is 3.68. The van der Waals surface area contributed by atoms with E-state index < -0.39 is 0 Å². The zero-order chi connectivity index (χ0) is 15.2. The summed E-state index contributed by atoms with van der Waals surface area (Å²) in [4.78, 5) is 14.3. The third-order valence-corrected chi connectivity index (χ3v) is 3.92. The van der Waals surface area contributed by atoms with E-state index in [9.17, 15) is 4.79 Å². The van der Waals surface area contributed by atoms with E-state index in [0.717, 1.165) is 19.5 Å². The monoisotopic (exact) mass is 310 g/mol. The van der Waals surface area contributed by atoms with Gasteiger partial charge in [-0.05, 0) is 51.4 Å². The molecule has 5 heteroatoms. The number of nitrogens with one attached hydrogen (secondary N) is 1. The first-order valence-corrected chi connectivity index (χ1v) is 7.85. The molecule has 21 heavy (non-hydrogen) atoms. The van der Waals surface area contributed by atoms with E-state index in [4.69, 9.17) is 16.3 Å². The number of halogens is 1. The SMILES string of the molecule is CC(C)N(CC1CCCN1)C(=O)COc1cccc(Cl)c1. The highest BCUT2D eigenvalue weighted by Crippen LogP contribution is 2.17. The largest absolute Gasteiger partial charge is 0.484 e. The van der Waals surface area contributed by atoms with E-state index in [1.807, 2.05) is 24.8 Å². The van der Waals surface area contributed by atoms with Gasteiger partial charge in [-0.15, -0.1) is 0 Å². The molecule has 1 aliphatic rings. The van der Waals surface area contributed by atoms with E-state index >= 15 is 0 Å². The van der Waals surface area contributed by atoms with Crippen molar-refractivity contribution in [3.8, 4) is 5.75 Å². The fraction of sp³-hybridized carbons (Fsp3) is 0.562. The minimum atomic E-state index is 0.0127. The molecule has 1 amide bonds. The average Bonchev–Trinajstić information content (AvgIpc) is 2.95. The molecule has 1 atom stereocenters. The van der Waals surface area contributed by atoms with Crippen molar-refractivity contribution in [1.29, 1.82) is 0 Å². The maximum absolute atomic E-state index is 12.4. The molecule has 1 aromatic rings. The molecule has 2 rings (SSSR count). The minimum absolute atomic E-state index is 0.0127. The number of nitrogens with zero attached hydrogens (tertiary/aromatic N) is 1. The van der Waals surface area contributed by atoms with Gasteiger partial charge in [-0.3, -0.25) is 4.79 Å². The summed E-state index contributed by atoms with van der Waals surface area (Å²) in [6.45, 7) is 5.91. The smallest absolute Gasteiger partial charge is 0.260 e. The Balaban J connectivity index is 1.88. The van der Waals surface area contributed by atoms with Crippen LogP contribution in [0, 0.1) is 0 Å². The first-order chi connectivity index (χ1) is 10.1. The minimum Gasteiger partial charge on any atom is -0.484 e. The standard InChI is InChI=1S/C16H23ClN2O2/c1-12(2)19(10-14-6-4-8-18-14)16(20)11-21-15-7-3-5-13(17)9-15/h3,5,7,9,12,14,18H,4,6,8,10-11H2,1-2H3. The van der Waals surface area contributed by atoms with Gasteiger partial charge < -0.3 is 15.0 Å². The lowest BCUT2D eigenvalue weighted by Gasteiger charge is -2.29. The molecule has 1 aliphatic heterocycles. The Hall–Kier alpha value is -1.26. The zero-order valence-electron chi connectivity index (χ0n) is 12.6. The normalized spacial score (nSPS) is 18.0. The summed E-state index contributed by atoms with van der Waals surface area (Å²) in [7, 11) is 0. The molecule has 0 bridgehead atoms. The molecule has 1 heterocycles. The van der Waals surface area contributed by atoms with Crippen LogP contribution in [0.25, 0.3) is 0 Å². The highest BCUT2D eigenvalue weighted by molar-refractivity contribution is 6.30. The highest BCUT2D eigenvalue weighted by Gasteiger charge is 2.23. The van der Waals surface area contributed by atoms with Crippen LogP contribution in [0.3, 0.4) is 0 Å².